The number of rotatable bonds is 3. The molecule has 0 aliphatic carbocycles. The molecular formula is C21H20FN3O2S. The molecule has 1 fully saturated rings. The zero-order chi connectivity index (χ0) is 19.3. The molecule has 0 amide bonds. The average Bonchev–Trinajstić information content (AvgIpc) is 3.14. The van der Waals surface area contributed by atoms with Gasteiger partial charge in [0.15, 0.2) is 5.13 Å². The third-order valence-electron chi connectivity index (χ3n) is 5.75. The minimum absolute atomic E-state index is 0.213. The number of aromatic nitrogens is 2. The first-order chi connectivity index (χ1) is 13.7. The van der Waals surface area contributed by atoms with Gasteiger partial charge in [-0.3, -0.25) is 4.79 Å². The molecule has 5 nitrogen and oxygen atoms in total. The van der Waals surface area contributed by atoms with Crippen LogP contribution >= 0.6 is 11.3 Å². The van der Waals surface area contributed by atoms with Crippen LogP contribution in [0.3, 0.4) is 0 Å². The predicted octanol–water partition coefficient (Wildman–Crippen LogP) is 4.03. The van der Waals surface area contributed by atoms with Gasteiger partial charge in [0.1, 0.15) is 5.82 Å². The Balaban J connectivity index is 1.70. The van der Waals surface area contributed by atoms with Crippen LogP contribution in [0.4, 0.5) is 9.52 Å². The number of benzene rings is 2. The topological polar surface area (TPSA) is 69.2 Å². The second kappa shape index (κ2) is 6.83. The smallest absolute Gasteiger partial charge is 0.256 e. The molecule has 3 heterocycles. The highest BCUT2D eigenvalue weighted by atomic mass is 32.1. The van der Waals surface area contributed by atoms with Gasteiger partial charge in [0.2, 0.25) is 0 Å². The Morgan fingerprint density at radius 2 is 2.04 bits per heavy atom. The van der Waals surface area contributed by atoms with Gasteiger partial charge in [-0.2, -0.15) is 0 Å². The number of hydrogen-bond acceptors (Lipinski definition) is 5. The lowest BCUT2D eigenvalue weighted by molar-refractivity contribution is 0.240. The van der Waals surface area contributed by atoms with Gasteiger partial charge in [-0.05, 0) is 49.4 Å². The number of pyridine rings is 1. The van der Waals surface area contributed by atoms with Crippen molar-refractivity contribution in [2.24, 2.45) is 5.92 Å². The molecule has 1 saturated heterocycles. The van der Waals surface area contributed by atoms with Gasteiger partial charge < -0.3 is 15.0 Å². The van der Waals surface area contributed by atoms with E-state index in [2.05, 4.69) is 9.88 Å². The number of anilines is 1. The number of H-pyrrole nitrogens is 1. The third-order valence-corrected chi connectivity index (χ3v) is 6.90. The van der Waals surface area contributed by atoms with Crippen molar-refractivity contribution in [3.05, 3.63) is 46.6 Å². The van der Waals surface area contributed by atoms with Crippen molar-refractivity contribution in [2.45, 2.75) is 19.3 Å². The molecule has 1 aliphatic heterocycles. The number of piperidine rings is 1. The number of halogens is 1. The average molecular weight is 397 g/mol. The van der Waals surface area contributed by atoms with E-state index in [1.807, 2.05) is 6.07 Å². The predicted molar refractivity (Wildman–Crippen MR) is 112 cm³/mol. The first-order valence-electron chi connectivity index (χ1n) is 9.54. The molecule has 2 aromatic heterocycles. The van der Waals surface area contributed by atoms with Crippen LogP contribution in [0.15, 0.2) is 35.3 Å². The van der Waals surface area contributed by atoms with E-state index in [1.54, 1.807) is 23.6 Å². The number of nitrogens with one attached hydrogen (secondary N) is 1. The van der Waals surface area contributed by atoms with Crippen molar-refractivity contribution in [3.63, 3.8) is 0 Å². The van der Waals surface area contributed by atoms with Crippen molar-refractivity contribution in [2.75, 3.05) is 24.6 Å². The van der Waals surface area contributed by atoms with Crippen LogP contribution in [-0.2, 0) is 0 Å². The molecule has 4 aromatic rings. The second-order valence-corrected chi connectivity index (χ2v) is 8.38. The standard InChI is InChI=1S/C21H20FN3O2S/c22-13-1-2-14-16(11-13)17-15(3-7-23-20(17)27)19-18(14)24-21(28-19)25-8-4-12(5-9-25)6-10-26/h1-3,7,11-12,26H,4-6,8-10H2,(H,23,27). The van der Waals surface area contributed by atoms with Crippen molar-refractivity contribution >= 4 is 48.2 Å². The molecule has 0 radical (unpaired) electrons. The van der Waals surface area contributed by atoms with Crippen molar-refractivity contribution < 1.29 is 9.50 Å². The number of fused-ring (bicyclic) bond motifs is 6. The van der Waals surface area contributed by atoms with E-state index < -0.39 is 0 Å². The molecule has 0 atom stereocenters. The molecule has 2 N–H and O–H groups in total. The summed E-state index contributed by atoms with van der Waals surface area (Å²) >= 11 is 1.59. The molecule has 0 bridgehead atoms. The fourth-order valence-corrected chi connectivity index (χ4v) is 5.43. The Morgan fingerprint density at radius 1 is 1.21 bits per heavy atom. The van der Waals surface area contributed by atoms with E-state index in [-0.39, 0.29) is 18.0 Å². The van der Waals surface area contributed by atoms with Crippen LogP contribution in [0.2, 0.25) is 0 Å². The Kier molecular flexibility index (Phi) is 4.29. The van der Waals surface area contributed by atoms with E-state index in [0.29, 0.717) is 16.7 Å². The first kappa shape index (κ1) is 17.6. The van der Waals surface area contributed by atoms with Crippen molar-refractivity contribution in [3.8, 4) is 0 Å². The van der Waals surface area contributed by atoms with E-state index >= 15 is 0 Å². The fourth-order valence-electron chi connectivity index (χ4n) is 4.27. The Bertz CT molecular complexity index is 1240. The van der Waals surface area contributed by atoms with Crippen LogP contribution in [0.25, 0.3) is 31.8 Å². The summed E-state index contributed by atoms with van der Waals surface area (Å²) in [4.78, 5) is 22.4. The van der Waals surface area contributed by atoms with E-state index in [1.165, 1.54) is 12.1 Å². The number of aliphatic hydroxyl groups is 1. The van der Waals surface area contributed by atoms with Crippen LogP contribution in [-0.4, -0.2) is 34.8 Å². The lowest BCUT2D eigenvalue weighted by Crippen LogP contribution is -2.33. The quantitative estimate of drug-likeness (QED) is 0.512. The summed E-state index contributed by atoms with van der Waals surface area (Å²) in [6, 6.07) is 6.44. The van der Waals surface area contributed by atoms with Gasteiger partial charge in [0, 0.05) is 42.1 Å². The zero-order valence-electron chi connectivity index (χ0n) is 15.2. The third kappa shape index (κ3) is 2.77. The number of aliphatic hydroxyl groups excluding tert-OH is 1. The van der Waals surface area contributed by atoms with Gasteiger partial charge in [-0.1, -0.05) is 11.3 Å². The van der Waals surface area contributed by atoms with E-state index in [4.69, 9.17) is 10.1 Å². The Morgan fingerprint density at radius 3 is 2.82 bits per heavy atom. The summed E-state index contributed by atoms with van der Waals surface area (Å²) < 4.78 is 14.9. The molecule has 1 aliphatic rings. The first-order valence-corrected chi connectivity index (χ1v) is 10.4. The van der Waals surface area contributed by atoms with Crippen LogP contribution in [0, 0.1) is 11.7 Å². The Labute approximate surface area is 164 Å². The molecule has 0 saturated carbocycles. The number of nitrogens with zero attached hydrogens (tertiary/aromatic N) is 2. The number of aromatic amines is 1. The maximum Gasteiger partial charge on any atom is 0.256 e. The largest absolute Gasteiger partial charge is 0.396 e. The fraction of sp³-hybridized carbons (Fsp3) is 0.333. The summed E-state index contributed by atoms with van der Waals surface area (Å²) in [5, 5.41) is 12.8. The minimum Gasteiger partial charge on any atom is -0.396 e. The molecular weight excluding hydrogens is 377 g/mol. The Hall–Kier alpha value is -2.51. The lowest BCUT2D eigenvalue weighted by Gasteiger charge is -2.31. The van der Waals surface area contributed by atoms with E-state index in [0.717, 1.165) is 58.5 Å². The summed E-state index contributed by atoms with van der Waals surface area (Å²) in [5.41, 5.74) is 0.611. The summed E-state index contributed by atoms with van der Waals surface area (Å²) in [5.74, 6) is 0.205. The van der Waals surface area contributed by atoms with Gasteiger partial charge in [-0.15, -0.1) is 0 Å². The molecule has 28 heavy (non-hydrogen) atoms. The molecule has 5 rings (SSSR count). The molecule has 144 valence electrons. The van der Waals surface area contributed by atoms with Crippen LogP contribution in [0.5, 0.6) is 0 Å². The van der Waals surface area contributed by atoms with Gasteiger partial charge >= 0.3 is 0 Å². The summed E-state index contributed by atoms with van der Waals surface area (Å²) in [7, 11) is 0. The monoisotopic (exact) mass is 397 g/mol. The summed E-state index contributed by atoms with van der Waals surface area (Å²) in [6.07, 6.45) is 4.58. The second-order valence-electron chi connectivity index (χ2n) is 7.40. The molecule has 0 unspecified atom stereocenters. The SMILES string of the molecule is O=c1[nH]ccc2c3sc(N4CCC(CCO)CC4)nc3c3ccc(F)cc3c12. The van der Waals surface area contributed by atoms with Gasteiger partial charge in [0.05, 0.1) is 15.6 Å². The highest BCUT2D eigenvalue weighted by Crippen LogP contribution is 2.40. The minimum atomic E-state index is -0.363. The maximum atomic E-state index is 13.9. The zero-order valence-corrected chi connectivity index (χ0v) is 16.1. The van der Waals surface area contributed by atoms with Gasteiger partial charge in [-0.25, -0.2) is 9.37 Å². The van der Waals surface area contributed by atoms with Gasteiger partial charge in [0.25, 0.3) is 5.56 Å². The van der Waals surface area contributed by atoms with Crippen molar-refractivity contribution in [1.29, 1.82) is 0 Å². The van der Waals surface area contributed by atoms with E-state index in [9.17, 15) is 9.18 Å². The highest BCUT2D eigenvalue weighted by Gasteiger charge is 2.23. The lowest BCUT2D eigenvalue weighted by atomic mass is 9.94. The van der Waals surface area contributed by atoms with Crippen LogP contribution in [0.1, 0.15) is 19.3 Å². The normalized spacial score (nSPS) is 15.9. The molecule has 0 spiro atoms. The van der Waals surface area contributed by atoms with Crippen LogP contribution < -0.4 is 10.5 Å². The number of hydrogen-bond donors (Lipinski definition) is 2. The summed E-state index contributed by atoms with van der Waals surface area (Å²) in [6.45, 7) is 2.07. The number of thiazole rings is 1. The van der Waals surface area contributed by atoms with Crippen molar-refractivity contribution in [1.82, 2.24) is 9.97 Å². The highest BCUT2D eigenvalue weighted by molar-refractivity contribution is 7.23. The molecule has 2 aromatic carbocycles. The molecule has 7 heteroatoms. The maximum absolute atomic E-state index is 13.9.